The van der Waals surface area contributed by atoms with E-state index in [-0.39, 0.29) is 11.1 Å². The van der Waals surface area contributed by atoms with Gasteiger partial charge in [-0.1, -0.05) is 17.7 Å². The average Bonchev–Trinajstić information content (AvgIpc) is 3.22. The Morgan fingerprint density at radius 1 is 1.40 bits per heavy atom. The van der Waals surface area contributed by atoms with Gasteiger partial charge in [-0.15, -0.1) is 11.3 Å². The van der Waals surface area contributed by atoms with Gasteiger partial charge in [0, 0.05) is 21.8 Å². The van der Waals surface area contributed by atoms with Crippen molar-refractivity contribution in [2.24, 2.45) is 4.99 Å². The predicted octanol–water partition coefficient (Wildman–Crippen LogP) is 4.59. The maximum absolute atomic E-state index is 12.7. The normalized spacial score (nSPS) is 13.2. The Kier molecular flexibility index (Phi) is 5.57. The van der Waals surface area contributed by atoms with Gasteiger partial charge >= 0.3 is 6.03 Å². The minimum atomic E-state index is -0.626. The second kappa shape index (κ2) is 8.30. The van der Waals surface area contributed by atoms with Gasteiger partial charge in [0.15, 0.2) is 0 Å². The lowest BCUT2D eigenvalue weighted by atomic mass is 9.96. The number of hydrogen-bond donors (Lipinski definition) is 2. The fraction of sp³-hybridized carbons (Fsp3) is 0.238. The maximum atomic E-state index is 12.7. The van der Waals surface area contributed by atoms with Crippen molar-refractivity contribution in [1.29, 1.82) is 5.26 Å². The maximum Gasteiger partial charge on any atom is 0.346 e. The van der Waals surface area contributed by atoms with Gasteiger partial charge in [0.05, 0.1) is 16.8 Å². The number of carbonyl (C=O) groups excluding carboxylic acids is 1. The van der Waals surface area contributed by atoms with Crippen LogP contribution in [0.2, 0.25) is 5.02 Å². The summed E-state index contributed by atoms with van der Waals surface area (Å²) >= 11 is 7.44. The van der Waals surface area contributed by atoms with Crippen LogP contribution in [-0.2, 0) is 12.8 Å². The van der Waals surface area contributed by atoms with E-state index in [1.165, 1.54) is 22.2 Å². The molecule has 0 fully saturated rings. The van der Waals surface area contributed by atoms with Crippen LogP contribution in [0.25, 0.3) is 5.69 Å². The number of hydrogen-bond acceptors (Lipinski definition) is 4. The molecule has 30 heavy (non-hydrogen) atoms. The first-order chi connectivity index (χ1) is 14.5. The molecule has 0 saturated carbocycles. The molecule has 0 spiro atoms. The van der Waals surface area contributed by atoms with Crippen molar-refractivity contribution in [3.05, 3.63) is 66.9 Å². The lowest BCUT2D eigenvalue weighted by Crippen LogP contribution is -2.17. The Morgan fingerprint density at radius 3 is 2.97 bits per heavy atom. The average molecular weight is 440 g/mol. The molecule has 2 N–H and O–H groups in total. The third kappa shape index (κ3) is 3.82. The molecule has 0 atom stereocenters. The van der Waals surface area contributed by atoms with Gasteiger partial charge in [-0.3, -0.25) is 15.2 Å². The summed E-state index contributed by atoms with van der Waals surface area (Å²) in [6.07, 6.45) is 5.17. The summed E-state index contributed by atoms with van der Waals surface area (Å²) in [4.78, 5) is 30.1. The second-order valence-corrected chi connectivity index (χ2v) is 8.53. The molecule has 0 bridgehead atoms. The molecule has 9 heteroatoms. The fourth-order valence-corrected chi connectivity index (χ4v) is 4.95. The lowest BCUT2D eigenvalue weighted by molar-refractivity contribution is 0.260. The van der Waals surface area contributed by atoms with E-state index in [4.69, 9.17) is 11.6 Å². The molecule has 0 unspecified atom stereocenters. The highest BCUT2D eigenvalue weighted by molar-refractivity contribution is 7.16. The number of fused-ring (bicyclic) bond motifs is 1. The number of aryl methyl sites for hydroxylation is 2. The van der Waals surface area contributed by atoms with Crippen molar-refractivity contribution in [3.63, 3.8) is 0 Å². The number of aliphatic imine (C=N–C) groups is 1. The van der Waals surface area contributed by atoms with Crippen LogP contribution in [0.15, 0.2) is 34.1 Å². The number of amides is 2. The number of rotatable bonds is 3. The molecule has 1 aliphatic carbocycles. The molecular formula is C21H18ClN5O2S. The molecule has 4 rings (SSSR count). The summed E-state index contributed by atoms with van der Waals surface area (Å²) in [6.45, 7) is 1.73. The molecule has 2 heterocycles. The number of nitrogens with one attached hydrogen (secondary N) is 2. The molecule has 3 aromatic rings. The van der Waals surface area contributed by atoms with E-state index in [1.54, 1.807) is 31.2 Å². The zero-order valence-corrected chi connectivity index (χ0v) is 17.7. The monoisotopic (exact) mass is 439 g/mol. The molecule has 0 aliphatic heterocycles. The van der Waals surface area contributed by atoms with Gasteiger partial charge in [0.2, 0.25) is 0 Å². The standard InChI is InChI=1S/C21H18ClN5O2S/c1-12-17(20(28)27(26-12)14-6-4-5-13(22)9-14)11-24-21(29)25-19-16(10-23)15-7-2-3-8-18(15)30-19/h4-6,9,11,26H,2-3,7-8H2,1H3,(H,25,29). The van der Waals surface area contributed by atoms with Crippen LogP contribution in [0.3, 0.4) is 0 Å². The summed E-state index contributed by atoms with van der Waals surface area (Å²) in [5.41, 5.74) is 2.66. The zero-order chi connectivity index (χ0) is 21.3. The highest BCUT2D eigenvalue weighted by Gasteiger charge is 2.21. The van der Waals surface area contributed by atoms with Crippen molar-refractivity contribution >= 4 is 40.2 Å². The van der Waals surface area contributed by atoms with Crippen molar-refractivity contribution < 1.29 is 4.79 Å². The molecule has 2 aromatic heterocycles. The largest absolute Gasteiger partial charge is 0.346 e. The zero-order valence-electron chi connectivity index (χ0n) is 16.2. The van der Waals surface area contributed by atoms with Crippen molar-refractivity contribution in [1.82, 2.24) is 9.78 Å². The summed E-state index contributed by atoms with van der Waals surface area (Å²) < 4.78 is 1.35. The molecular weight excluding hydrogens is 422 g/mol. The number of carbonyl (C=O) groups is 1. The molecule has 1 aromatic carbocycles. The lowest BCUT2D eigenvalue weighted by Gasteiger charge is -2.09. The third-order valence-corrected chi connectivity index (χ3v) is 6.44. The van der Waals surface area contributed by atoms with Crippen molar-refractivity contribution in [2.75, 3.05) is 5.32 Å². The van der Waals surface area contributed by atoms with E-state index < -0.39 is 6.03 Å². The van der Waals surface area contributed by atoms with E-state index in [2.05, 4.69) is 21.5 Å². The van der Waals surface area contributed by atoms with E-state index in [0.29, 0.717) is 27.0 Å². The van der Waals surface area contributed by atoms with Crippen molar-refractivity contribution in [3.8, 4) is 11.8 Å². The number of aromatic nitrogens is 2. The summed E-state index contributed by atoms with van der Waals surface area (Å²) in [6, 6.07) is 8.45. The quantitative estimate of drug-likeness (QED) is 0.583. The van der Waals surface area contributed by atoms with Gasteiger partial charge in [-0.25, -0.2) is 14.5 Å². The number of nitriles is 1. The minimum absolute atomic E-state index is 0.274. The number of aromatic amines is 1. The smallest absolute Gasteiger partial charge is 0.296 e. The molecule has 1 aliphatic rings. The molecule has 0 radical (unpaired) electrons. The molecule has 0 saturated heterocycles. The Hall–Kier alpha value is -3.15. The number of urea groups is 1. The Labute approximate surface area is 181 Å². The second-order valence-electron chi connectivity index (χ2n) is 6.99. The molecule has 7 nitrogen and oxygen atoms in total. The first-order valence-electron chi connectivity index (χ1n) is 9.45. The van der Waals surface area contributed by atoms with Gasteiger partial charge in [-0.05, 0) is 56.4 Å². The predicted molar refractivity (Wildman–Crippen MR) is 118 cm³/mol. The van der Waals surface area contributed by atoms with E-state index in [1.807, 2.05) is 0 Å². The minimum Gasteiger partial charge on any atom is -0.296 e. The first kappa shape index (κ1) is 20.1. The first-order valence-corrected chi connectivity index (χ1v) is 10.6. The van der Waals surface area contributed by atoms with Crippen LogP contribution >= 0.6 is 22.9 Å². The summed E-state index contributed by atoms with van der Waals surface area (Å²) in [5.74, 6) is 0. The van der Waals surface area contributed by atoms with Crippen LogP contribution in [0.4, 0.5) is 9.80 Å². The third-order valence-electron chi connectivity index (χ3n) is 5.00. The van der Waals surface area contributed by atoms with Gasteiger partial charge < -0.3 is 0 Å². The van der Waals surface area contributed by atoms with E-state index >= 15 is 0 Å². The van der Waals surface area contributed by atoms with E-state index in [0.717, 1.165) is 36.1 Å². The van der Waals surface area contributed by atoms with E-state index in [9.17, 15) is 14.9 Å². The Bertz CT molecular complexity index is 1260. The number of nitrogens with zero attached hydrogens (tertiary/aromatic N) is 3. The van der Waals surface area contributed by atoms with Crippen LogP contribution in [0, 0.1) is 18.3 Å². The highest BCUT2D eigenvalue weighted by Crippen LogP contribution is 2.37. The topological polar surface area (TPSA) is 103 Å². The van der Waals surface area contributed by atoms with Crippen LogP contribution in [-0.4, -0.2) is 22.0 Å². The number of anilines is 1. The van der Waals surface area contributed by atoms with Gasteiger partial charge in [0.25, 0.3) is 5.56 Å². The Balaban J connectivity index is 1.57. The van der Waals surface area contributed by atoms with Crippen LogP contribution in [0.1, 0.15) is 40.1 Å². The number of halogens is 1. The van der Waals surface area contributed by atoms with Crippen molar-refractivity contribution in [2.45, 2.75) is 32.6 Å². The summed E-state index contributed by atoms with van der Waals surface area (Å²) in [5, 5.41) is 16.2. The number of thiophene rings is 1. The van der Waals surface area contributed by atoms with Gasteiger partial charge in [0.1, 0.15) is 11.1 Å². The number of H-pyrrole nitrogens is 1. The molecule has 152 valence electrons. The summed E-state index contributed by atoms with van der Waals surface area (Å²) in [7, 11) is 0. The SMILES string of the molecule is Cc1[nH]n(-c2cccc(Cl)c2)c(=O)c1C=NC(=O)Nc1sc2c(c1C#N)CCCC2. The van der Waals surface area contributed by atoms with Crippen LogP contribution in [0.5, 0.6) is 0 Å². The molecule has 2 amide bonds. The highest BCUT2D eigenvalue weighted by atomic mass is 35.5. The Morgan fingerprint density at radius 2 is 2.20 bits per heavy atom. The van der Waals surface area contributed by atoms with Gasteiger partial charge in [-0.2, -0.15) is 5.26 Å². The number of benzene rings is 1. The van der Waals surface area contributed by atoms with Crippen LogP contribution < -0.4 is 10.9 Å². The fourth-order valence-electron chi connectivity index (χ4n) is 3.53.